The maximum absolute atomic E-state index is 5.26. The molecule has 0 spiro atoms. The zero-order chi connectivity index (χ0) is 10.7. The van der Waals surface area contributed by atoms with E-state index in [9.17, 15) is 0 Å². The Kier molecular flexibility index (Phi) is 3.27. The monoisotopic (exact) mass is 205 g/mol. The van der Waals surface area contributed by atoms with Gasteiger partial charge in [0.25, 0.3) is 0 Å². The van der Waals surface area contributed by atoms with Crippen molar-refractivity contribution in [1.82, 2.24) is 5.32 Å². The van der Waals surface area contributed by atoms with Crippen LogP contribution in [0.15, 0.2) is 24.3 Å². The fraction of sp³-hybridized carbons (Fsp3) is 0.538. The van der Waals surface area contributed by atoms with Crippen LogP contribution in [0.5, 0.6) is 5.75 Å². The van der Waals surface area contributed by atoms with Crippen LogP contribution in [-0.2, 0) is 0 Å². The molecule has 1 saturated carbocycles. The minimum atomic E-state index is 0.636. The number of hydrogen-bond donors (Lipinski definition) is 1. The summed E-state index contributed by atoms with van der Waals surface area (Å²) in [4.78, 5) is 0. The van der Waals surface area contributed by atoms with Crippen molar-refractivity contribution in [3.05, 3.63) is 29.8 Å². The summed E-state index contributed by atoms with van der Waals surface area (Å²) in [5.74, 6) is 1.62. The topological polar surface area (TPSA) is 21.3 Å². The highest BCUT2D eigenvalue weighted by Gasteiger charge is 2.27. The Morgan fingerprint density at radius 2 is 2.20 bits per heavy atom. The van der Waals surface area contributed by atoms with Crippen molar-refractivity contribution in [2.75, 3.05) is 14.2 Å². The first-order valence-corrected chi connectivity index (χ1v) is 5.66. The summed E-state index contributed by atoms with van der Waals surface area (Å²) < 4.78 is 5.26. The first kappa shape index (κ1) is 10.5. The molecule has 1 aromatic rings. The van der Waals surface area contributed by atoms with Gasteiger partial charge in [-0.25, -0.2) is 0 Å². The predicted molar refractivity (Wildman–Crippen MR) is 62.4 cm³/mol. The smallest absolute Gasteiger partial charge is 0.119 e. The van der Waals surface area contributed by atoms with Crippen molar-refractivity contribution in [3.8, 4) is 5.75 Å². The molecule has 0 aliphatic heterocycles. The van der Waals surface area contributed by atoms with E-state index in [2.05, 4.69) is 30.6 Å². The van der Waals surface area contributed by atoms with Crippen molar-refractivity contribution in [3.63, 3.8) is 0 Å². The summed E-state index contributed by atoms with van der Waals surface area (Å²) in [7, 11) is 3.78. The number of methoxy groups -OCH3 is 1. The van der Waals surface area contributed by atoms with Gasteiger partial charge in [0.05, 0.1) is 7.11 Å². The minimum absolute atomic E-state index is 0.636. The van der Waals surface area contributed by atoms with Crippen LogP contribution in [0.4, 0.5) is 0 Å². The van der Waals surface area contributed by atoms with Crippen LogP contribution in [0.2, 0.25) is 0 Å². The lowest BCUT2D eigenvalue weighted by molar-refractivity contribution is 0.413. The fourth-order valence-corrected chi connectivity index (χ4v) is 2.58. The highest BCUT2D eigenvalue weighted by Crippen LogP contribution is 2.35. The van der Waals surface area contributed by atoms with Gasteiger partial charge in [-0.05, 0) is 43.5 Å². The van der Waals surface area contributed by atoms with Gasteiger partial charge in [-0.15, -0.1) is 0 Å². The third-order valence-corrected chi connectivity index (χ3v) is 3.41. The van der Waals surface area contributed by atoms with E-state index in [1.54, 1.807) is 7.11 Å². The summed E-state index contributed by atoms with van der Waals surface area (Å²) in [6.45, 7) is 0. The van der Waals surface area contributed by atoms with Gasteiger partial charge in [0.2, 0.25) is 0 Å². The van der Waals surface area contributed by atoms with E-state index in [1.165, 1.54) is 24.8 Å². The molecule has 15 heavy (non-hydrogen) atoms. The third-order valence-electron chi connectivity index (χ3n) is 3.41. The van der Waals surface area contributed by atoms with Gasteiger partial charge in [0.1, 0.15) is 5.75 Å². The first-order chi connectivity index (χ1) is 7.35. The molecular formula is C13H19NO. The lowest BCUT2D eigenvalue weighted by Crippen LogP contribution is -2.27. The van der Waals surface area contributed by atoms with E-state index in [-0.39, 0.29) is 0 Å². The second-order valence-electron chi connectivity index (χ2n) is 4.21. The van der Waals surface area contributed by atoms with Crippen LogP contribution in [-0.4, -0.2) is 20.2 Å². The van der Waals surface area contributed by atoms with Crippen molar-refractivity contribution >= 4 is 0 Å². The summed E-state index contributed by atoms with van der Waals surface area (Å²) in [5, 5.41) is 3.41. The standard InChI is InChI=1S/C13H19NO/c1-14-13-8-4-7-12(13)10-5-3-6-11(9-10)15-2/h3,5-6,9,12-14H,4,7-8H2,1-2H3. The highest BCUT2D eigenvalue weighted by molar-refractivity contribution is 5.32. The second-order valence-corrected chi connectivity index (χ2v) is 4.21. The summed E-state index contributed by atoms with van der Waals surface area (Å²) in [6, 6.07) is 9.10. The molecule has 0 aromatic heterocycles. The molecule has 82 valence electrons. The summed E-state index contributed by atoms with van der Waals surface area (Å²) >= 11 is 0. The van der Waals surface area contributed by atoms with Gasteiger partial charge < -0.3 is 10.1 Å². The second kappa shape index (κ2) is 4.67. The first-order valence-electron chi connectivity index (χ1n) is 5.66. The van der Waals surface area contributed by atoms with Gasteiger partial charge in [-0.1, -0.05) is 18.6 Å². The molecule has 2 unspecified atom stereocenters. The predicted octanol–water partition coefficient (Wildman–Crippen LogP) is 2.55. The molecule has 2 nitrogen and oxygen atoms in total. The molecule has 1 aliphatic rings. The Labute approximate surface area is 91.6 Å². The Morgan fingerprint density at radius 3 is 2.93 bits per heavy atom. The average Bonchev–Trinajstić information content (AvgIpc) is 2.77. The van der Waals surface area contributed by atoms with E-state index in [0.717, 1.165) is 5.75 Å². The Hall–Kier alpha value is -1.02. The maximum atomic E-state index is 5.26. The van der Waals surface area contributed by atoms with Crippen LogP contribution in [0.3, 0.4) is 0 Å². The number of ether oxygens (including phenoxy) is 1. The number of likely N-dealkylation sites (N-methyl/N-ethyl adjacent to an activating group) is 1. The largest absolute Gasteiger partial charge is 0.497 e. The molecule has 0 amide bonds. The Morgan fingerprint density at radius 1 is 1.33 bits per heavy atom. The van der Waals surface area contributed by atoms with Crippen LogP contribution < -0.4 is 10.1 Å². The number of rotatable bonds is 3. The number of nitrogens with one attached hydrogen (secondary N) is 1. The zero-order valence-electron chi connectivity index (χ0n) is 9.49. The SMILES string of the molecule is CNC1CCCC1c1cccc(OC)c1. The van der Waals surface area contributed by atoms with E-state index in [0.29, 0.717) is 12.0 Å². The molecule has 0 radical (unpaired) electrons. The van der Waals surface area contributed by atoms with Gasteiger partial charge in [-0.2, -0.15) is 0 Å². The molecule has 1 fully saturated rings. The quantitative estimate of drug-likeness (QED) is 0.818. The van der Waals surface area contributed by atoms with Crippen molar-refractivity contribution in [2.24, 2.45) is 0 Å². The molecule has 1 N–H and O–H groups in total. The van der Waals surface area contributed by atoms with Gasteiger partial charge in [-0.3, -0.25) is 0 Å². The van der Waals surface area contributed by atoms with Gasteiger partial charge >= 0.3 is 0 Å². The van der Waals surface area contributed by atoms with Crippen molar-refractivity contribution < 1.29 is 4.74 Å². The van der Waals surface area contributed by atoms with E-state index in [4.69, 9.17) is 4.74 Å². The third kappa shape index (κ3) is 2.15. The van der Waals surface area contributed by atoms with Crippen LogP contribution in [0, 0.1) is 0 Å². The molecule has 0 heterocycles. The normalized spacial score (nSPS) is 25.5. The van der Waals surface area contributed by atoms with E-state index in [1.807, 2.05) is 6.07 Å². The summed E-state index contributed by atoms with van der Waals surface area (Å²) in [6.07, 6.45) is 3.91. The highest BCUT2D eigenvalue weighted by atomic mass is 16.5. The molecular weight excluding hydrogens is 186 g/mol. The van der Waals surface area contributed by atoms with Crippen LogP contribution >= 0.6 is 0 Å². The van der Waals surface area contributed by atoms with Crippen molar-refractivity contribution in [2.45, 2.75) is 31.2 Å². The number of hydrogen-bond acceptors (Lipinski definition) is 2. The Balaban J connectivity index is 2.20. The molecule has 2 heteroatoms. The maximum Gasteiger partial charge on any atom is 0.119 e. The lowest BCUT2D eigenvalue weighted by atomic mass is 9.94. The molecule has 2 atom stereocenters. The Bertz CT molecular complexity index is 324. The fourth-order valence-electron chi connectivity index (χ4n) is 2.58. The molecule has 1 aromatic carbocycles. The molecule has 0 saturated heterocycles. The zero-order valence-corrected chi connectivity index (χ0v) is 9.49. The molecule has 0 bridgehead atoms. The van der Waals surface area contributed by atoms with Gasteiger partial charge in [0.15, 0.2) is 0 Å². The minimum Gasteiger partial charge on any atom is -0.497 e. The molecule has 2 rings (SSSR count). The van der Waals surface area contributed by atoms with Crippen LogP contribution in [0.25, 0.3) is 0 Å². The molecule has 1 aliphatic carbocycles. The van der Waals surface area contributed by atoms with Gasteiger partial charge in [0, 0.05) is 6.04 Å². The summed E-state index contributed by atoms with van der Waals surface area (Å²) in [5.41, 5.74) is 1.41. The van der Waals surface area contributed by atoms with E-state index >= 15 is 0 Å². The number of benzene rings is 1. The average molecular weight is 205 g/mol. The van der Waals surface area contributed by atoms with E-state index < -0.39 is 0 Å². The van der Waals surface area contributed by atoms with Crippen LogP contribution in [0.1, 0.15) is 30.7 Å². The van der Waals surface area contributed by atoms with Crippen molar-refractivity contribution in [1.29, 1.82) is 0 Å². The lowest BCUT2D eigenvalue weighted by Gasteiger charge is -2.19.